The van der Waals surface area contributed by atoms with Crippen LogP contribution in [-0.2, 0) is 40.1 Å². The van der Waals surface area contributed by atoms with Crippen LogP contribution in [0, 0.1) is 17.7 Å². The van der Waals surface area contributed by atoms with E-state index >= 15 is 0 Å². The van der Waals surface area contributed by atoms with Gasteiger partial charge in [0.15, 0.2) is 0 Å². The molecule has 0 radical (unpaired) electrons. The van der Waals surface area contributed by atoms with E-state index in [2.05, 4.69) is 0 Å². The number of hydrogen-bond donors (Lipinski definition) is 1. The van der Waals surface area contributed by atoms with Gasteiger partial charge < -0.3 is 14.7 Å². The minimum atomic E-state index is -0.776. The number of Topliss-reactive ketones (excluding diaryl/α,β-unsaturated/α-hetero) is 1. The maximum atomic E-state index is 13.8. The molecule has 35 heavy (non-hydrogen) atoms. The molecule has 1 amide bonds. The molecule has 1 aliphatic carbocycles. The first-order valence-corrected chi connectivity index (χ1v) is 12.3. The fraction of sp³-hybridized carbons (Fsp3) is 0.464. The number of carboxylic acid groups (broad SMARTS) is 1. The Balaban J connectivity index is 1.30. The van der Waals surface area contributed by atoms with Crippen LogP contribution in [0.15, 0.2) is 42.5 Å². The molecule has 1 N–H and O–H groups in total. The van der Waals surface area contributed by atoms with Gasteiger partial charge in [-0.25, -0.2) is 9.18 Å². The van der Waals surface area contributed by atoms with Gasteiger partial charge in [-0.15, -0.1) is 0 Å². The maximum Gasteiger partial charge on any atom is 0.410 e. The molecule has 0 bridgehead atoms. The van der Waals surface area contributed by atoms with Crippen LogP contribution in [0.3, 0.4) is 0 Å². The fourth-order valence-electron chi connectivity index (χ4n) is 5.31. The summed E-state index contributed by atoms with van der Waals surface area (Å²) in [7, 11) is 0. The second kappa shape index (κ2) is 11.0. The van der Waals surface area contributed by atoms with Crippen molar-refractivity contribution < 1.29 is 28.6 Å². The maximum absolute atomic E-state index is 13.8. The number of aliphatic carboxylic acids is 1. The summed E-state index contributed by atoms with van der Waals surface area (Å²) in [5.41, 5.74) is 3.46. The summed E-state index contributed by atoms with van der Waals surface area (Å²) in [4.78, 5) is 38.0. The zero-order valence-corrected chi connectivity index (χ0v) is 20.0. The highest BCUT2D eigenvalue weighted by Gasteiger charge is 2.33. The van der Waals surface area contributed by atoms with E-state index in [4.69, 9.17) is 9.84 Å². The van der Waals surface area contributed by atoms with E-state index in [-0.39, 0.29) is 54.9 Å². The van der Waals surface area contributed by atoms with Gasteiger partial charge in [0.1, 0.15) is 17.7 Å². The van der Waals surface area contributed by atoms with E-state index < -0.39 is 5.97 Å². The first-order chi connectivity index (χ1) is 16.8. The third-order valence-electron chi connectivity index (χ3n) is 7.20. The summed E-state index contributed by atoms with van der Waals surface area (Å²) in [6.45, 7) is 3.02. The number of fused-ring (bicyclic) bond motifs is 1. The Morgan fingerprint density at radius 1 is 1.09 bits per heavy atom. The molecule has 0 aromatic heterocycles. The standard InChI is InChI=1S/C28H32FNO5/c1-18-12-19(15-27(32)33)7-9-26(18)35-28(34)30-11-10-21-13-20(6-8-23(21)17-30)14-24(31)16-22-4-2-3-5-25(22)29/h2-6,8,13,18-19,26H,7,9-12,14-17H2,1H3,(H,32,33)/t18-,19-,26+/m0/s1. The molecule has 186 valence electrons. The Morgan fingerprint density at radius 3 is 2.63 bits per heavy atom. The zero-order chi connectivity index (χ0) is 24.9. The lowest BCUT2D eigenvalue weighted by Crippen LogP contribution is -2.41. The number of carboxylic acids is 1. The van der Waals surface area contributed by atoms with Crippen LogP contribution in [0.1, 0.15) is 54.9 Å². The van der Waals surface area contributed by atoms with Crippen molar-refractivity contribution in [2.75, 3.05) is 6.54 Å². The van der Waals surface area contributed by atoms with Gasteiger partial charge in [0.25, 0.3) is 0 Å². The highest BCUT2D eigenvalue weighted by Crippen LogP contribution is 2.33. The van der Waals surface area contributed by atoms with E-state index in [1.807, 2.05) is 25.1 Å². The van der Waals surface area contributed by atoms with Crippen LogP contribution in [0.2, 0.25) is 0 Å². The number of amides is 1. The highest BCUT2D eigenvalue weighted by atomic mass is 19.1. The van der Waals surface area contributed by atoms with Gasteiger partial charge in [-0.05, 0) is 65.8 Å². The fourth-order valence-corrected chi connectivity index (χ4v) is 5.31. The van der Waals surface area contributed by atoms with E-state index in [1.54, 1.807) is 23.1 Å². The summed E-state index contributed by atoms with van der Waals surface area (Å²) in [5.74, 6) is -0.892. The average Bonchev–Trinajstić information content (AvgIpc) is 2.81. The minimum Gasteiger partial charge on any atom is -0.481 e. The Kier molecular flexibility index (Phi) is 7.83. The summed E-state index contributed by atoms with van der Waals surface area (Å²) in [6, 6.07) is 12.2. The Bertz CT molecular complexity index is 1100. The predicted molar refractivity (Wildman–Crippen MR) is 128 cm³/mol. The van der Waals surface area contributed by atoms with Gasteiger partial charge in [0.2, 0.25) is 0 Å². The third kappa shape index (κ3) is 6.47. The number of benzene rings is 2. The number of hydrogen-bond acceptors (Lipinski definition) is 4. The summed E-state index contributed by atoms with van der Waals surface area (Å²) >= 11 is 0. The second-order valence-corrected chi connectivity index (χ2v) is 9.93. The SMILES string of the molecule is C[C@H]1C[C@@H](CC(=O)O)CC[C@H]1OC(=O)N1CCc2cc(CC(=O)Cc3ccccc3F)ccc2C1. The van der Waals surface area contributed by atoms with Crippen molar-refractivity contribution in [2.45, 2.75) is 64.5 Å². The van der Waals surface area contributed by atoms with Crippen LogP contribution >= 0.6 is 0 Å². The van der Waals surface area contributed by atoms with E-state index in [0.29, 0.717) is 31.5 Å². The van der Waals surface area contributed by atoms with Gasteiger partial charge in [-0.2, -0.15) is 0 Å². The molecule has 2 aliphatic rings. The van der Waals surface area contributed by atoms with Crippen LogP contribution < -0.4 is 0 Å². The van der Waals surface area contributed by atoms with Gasteiger partial charge in [-0.1, -0.05) is 43.3 Å². The van der Waals surface area contributed by atoms with Gasteiger partial charge >= 0.3 is 12.1 Å². The number of nitrogens with zero attached hydrogens (tertiary/aromatic N) is 1. The molecule has 3 atom stereocenters. The Hall–Kier alpha value is -3.22. The molecule has 0 saturated heterocycles. The Labute approximate surface area is 205 Å². The molecule has 0 spiro atoms. The normalized spacial score (nSPS) is 21.8. The lowest BCUT2D eigenvalue weighted by Gasteiger charge is -2.35. The first kappa shape index (κ1) is 24.9. The lowest BCUT2D eigenvalue weighted by atomic mass is 9.79. The molecule has 2 aromatic carbocycles. The number of carbonyl (C=O) groups excluding carboxylic acids is 2. The van der Waals surface area contributed by atoms with Gasteiger partial charge in [-0.3, -0.25) is 9.59 Å². The summed E-state index contributed by atoms with van der Waals surface area (Å²) < 4.78 is 19.6. The Morgan fingerprint density at radius 2 is 1.89 bits per heavy atom. The first-order valence-electron chi connectivity index (χ1n) is 12.3. The molecular weight excluding hydrogens is 449 g/mol. The smallest absolute Gasteiger partial charge is 0.410 e. The van der Waals surface area contributed by atoms with Gasteiger partial charge in [0.05, 0.1) is 0 Å². The number of ether oxygens (including phenoxy) is 1. The van der Waals surface area contributed by atoms with Crippen LogP contribution in [0.25, 0.3) is 0 Å². The average molecular weight is 482 g/mol. The molecular formula is C28H32FNO5. The van der Waals surface area contributed by atoms with Crippen LogP contribution in [0.4, 0.5) is 9.18 Å². The zero-order valence-electron chi connectivity index (χ0n) is 20.0. The molecule has 4 rings (SSSR count). The van der Waals surface area contributed by atoms with E-state index in [9.17, 15) is 18.8 Å². The summed E-state index contributed by atoms with van der Waals surface area (Å²) in [6.07, 6.45) is 2.87. The quantitative estimate of drug-likeness (QED) is 0.605. The molecule has 7 heteroatoms. The number of carbonyl (C=O) groups is 3. The molecule has 1 saturated carbocycles. The molecule has 6 nitrogen and oxygen atoms in total. The second-order valence-electron chi connectivity index (χ2n) is 9.93. The minimum absolute atomic E-state index is 0.0386. The van der Waals surface area contributed by atoms with Crippen molar-refractivity contribution in [1.29, 1.82) is 0 Å². The van der Waals surface area contributed by atoms with Crippen LogP contribution in [-0.4, -0.2) is 40.5 Å². The number of ketones is 1. The van der Waals surface area contributed by atoms with Crippen molar-refractivity contribution in [2.24, 2.45) is 11.8 Å². The highest BCUT2D eigenvalue weighted by molar-refractivity contribution is 5.83. The van der Waals surface area contributed by atoms with E-state index in [0.717, 1.165) is 29.5 Å². The number of rotatable bonds is 7. The van der Waals surface area contributed by atoms with Crippen molar-refractivity contribution in [3.8, 4) is 0 Å². The molecule has 1 aliphatic heterocycles. The van der Waals surface area contributed by atoms with E-state index in [1.165, 1.54) is 6.07 Å². The largest absolute Gasteiger partial charge is 0.481 e. The third-order valence-corrected chi connectivity index (χ3v) is 7.20. The summed E-state index contributed by atoms with van der Waals surface area (Å²) in [5, 5.41) is 9.02. The molecule has 2 aromatic rings. The lowest BCUT2D eigenvalue weighted by molar-refractivity contribution is -0.138. The van der Waals surface area contributed by atoms with Crippen LogP contribution in [0.5, 0.6) is 0 Å². The van der Waals surface area contributed by atoms with Crippen molar-refractivity contribution in [1.82, 2.24) is 4.90 Å². The van der Waals surface area contributed by atoms with Crippen molar-refractivity contribution in [3.05, 3.63) is 70.5 Å². The number of halogens is 1. The monoisotopic (exact) mass is 481 g/mol. The molecule has 1 fully saturated rings. The molecule has 1 heterocycles. The molecule has 0 unspecified atom stereocenters. The topological polar surface area (TPSA) is 83.9 Å². The predicted octanol–water partition coefficient (Wildman–Crippen LogP) is 4.95. The van der Waals surface area contributed by atoms with Crippen molar-refractivity contribution in [3.63, 3.8) is 0 Å². The van der Waals surface area contributed by atoms with Gasteiger partial charge in [0, 0.05) is 32.4 Å². The van der Waals surface area contributed by atoms with Crippen molar-refractivity contribution >= 4 is 17.8 Å².